The van der Waals surface area contributed by atoms with Gasteiger partial charge in [-0.05, 0) is 12.3 Å². The highest BCUT2D eigenvalue weighted by atomic mass is 16.5. The number of rotatable bonds is 3. The monoisotopic (exact) mass is 172 g/mol. The molecule has 1 aliphatic heterocycles. The quantitative estimate of drug-likeness (QED) is 0.702. The Balaban J connectivity index is 2.57. The van der Waals surface area contributed by atoms with Crippen LogP contribution in [-0.4, -0.2) is 23.8 Å². The van der Waals surface area contributed by atoms with Crippen LogP contribution >= 0.6 is 0 Å². The SMILES string of the molecule is CCC(C)C1OCCC1C(=O)O. The van der Waals surface area contributed by atoms with E-state index in [-0.39, 0.29) is 12.0 Å². The third-order valence-electron chi connectivity index (χ3n) is 2.66. The van der Waals surface area contributed by atoms with Crippen molar-refractivity contribution < 1.29 is 14.6 Å². The van der Waals surface area contributed by atoms with Crippen LogP contribution in [0.2, 0.25) is 0 Å². The van der Waals surface area contributed by atoms with Crippen LogP contribution in [0.1, 0.15) is 26.7 Å². The fourth-order valence-corrected chi connectivity index (χ4v) is 1.67. The molecule has 12 heavy (non-hydrogen) atoms. The maximum absolute atomic E-state index is 10.8. The first-order valence-corrected chi connectivity index (χ1v) is 4.51. The molecule has 70 valence electrons. The Morgan fingerprint density at radius 3 is 2.92 bits per heavy atom. The average molecular weight is 172 g/mol. The van der Waals surface area contributed by atoms with Crippen molar-refractivity contribution in [3.63, 3.8) is 0 Å². The number of aliphatic carboxylic acids is 1. The van der Waals surface area contributed by atoms with Crippen molar-refractivity contribution in [2.24, 2.45) is 11.8 Å². The molecule has 0 radical (unpaired) electrons. The minimum Gasteiger partial charge on any atom is -0.481 e. The number of ether oxygens (including phenoxy) is 1. The van der Waals surface area contributed by atoms with Gasteiger partial charge in [-0.15, -0.1) is 0 Å². The second kappa shape index (κ2) is 3.90. The molecule has 1 saturated heterocycles. The summed E-state index contributed by atoms with van der Waals surface area (Å²) in [6.45, 7) is 4.71. The molecule has 3 unspecified atom stereocenters. The highest BCUT2D eigenvalue weighted by Gasteiger charge is 2.36. The first-order chi connectivity index (χ1) is 5.66. The minimum absolute atomic E-state index is 0.0625. The Hall–Kier alpha value is -0.570. The fourth-order valence-electron chi connectivity index (χ4n) is 1.67. The summed E-state index contributed by atoms with van der Waals surface area (Å²) in [6, 6.07) is 0. The number of carbonyl (C=O) groups is 1. The third-order valence-corrected chi connectivity index (χ3v) is 2.66. The van der Waals surface area contributed by atoms with E-state index in [2.05, 4.69) is 6.92 Å². The first kappa shape index (κ1) is 9.52. The van der Waals surface area contributed by atoms with Crippen molar-refractivity contribution in [2.45, 2.75) is 32.8 Å². The summed E-state index contributed by atoms with van der Waals surface area (Å²) in [5, 5.41) is 8.85. The zero-order chi connectivity index (χ0) is 9.14. The van der Waals surface area contributed by atoms with Crippen LogP contribution in [0.15, 0.2) is 0 Å². The van der Waals surface area contributed by atoms with Crippen molar-refractivity contribution in [3.05, 3.63) is 0 Å². The molecular weight excluding hydrogens is 156 g/mol. The summed E-state index contributed by atoms with van der Waals surface area (Å²) in [4.78, 5) is 10.8. The van der Waals surface area contributed by atoms with Crippen LogP contribution in [0.5, 0.6) is 0 Å². The van der Waals surface area contributed by atoms with Gasteiger partial charge in [-0.2, -0.15) is 0 Å². The molecule has 1 N–H and O–H groups in total. The summed E-state index contributed by atoms with van der Waals surface area (Å²) >= 11 is 0. The predicted octanol–water partition coefficient (Wildman–Crippen LogP) is 1.52. The second-order valence-electron chi connectivity index (χ2n) is 3.45. The lowest BCUT2D eigenvalue weighted by atomic mass is 9.90. The summed E-state index contributed by atoms with van der Waals surface area (Å²) < 4.78 is 5.40. The minimum atomic E-state index is -0.710. The number of carboxylic acids is 1. The smallest absolute Gasteiger partial charge is 0.309 e. The van der Waals surface area contributed by atoms with Gasteiger partial charge in [0.1, 0.15) is 0 Å². The number of hydrogen-bond donors (Lipinski definition) is 1. The lowest BCUT2D eigenvalue weighted by molar-refractivity contribution is -0.144. The van der Waals surface area contributed by atoms with Crippen molar-refractivity contribution >= 4 is 5.97 Å². The van der Waals surface area contributed by atoms with Crippen LogP contribution in [0, 0.1) is 11.8 Å². The van der Waals surface area contributed by atoms with Gasteiger partial charge in [0.05, 0.1) is 12.0 Å². The van der Waals surface area contributed by atoms with Crippen LogP contribution in [0.4, 0.5) is 0 Å². The molecule has 0 aliphatic carbocycles. The first-order valence-electron chi connectivity index (χ1n) is 4.51. The molecule has 1 rings (SSSR count). The van der Waals surface area contributed by atoms with Crippen LogP contribution in [-0.2, 0) is 9.53 Å². The fraction of sp³-hybridized carbons (Fsp3) is 0.889. The lowest BCUT2D eigenvalue weighted by Gasteiger charge is -2.20. The van der Waals surface area contributed by atoms with E-state index < -0.39 is 5.97 Å². The summed E-state index contributed by atoms with van der Waals surface area (Å²) in [5.74, 6) is -0.633. The maximum atomic E-state index is 10.8. The molecule has 0 bridgehead atoms. The van der Waals surface area contributed by atoms with E-state index in [4.69, 9.17) is 9.84 Å². The second-order valence-corrected chi connectivity index (χ2v) is 3.45. The summed E-state index contributed by atoms with van der Waals surface area (Å²) in [6.07, 6.45) is 1.59. The summed E-state index contributed by atoms with van der Waals surface area (Å²) in [5.41, 5.74) is 0. The van der Waals surface area contributed by atoms with E-state index in [1.54, 1.807) is 0 Å². The predicted molar refractivity (Wildman–Crippen MR) is 44.9 cm³/mol. The molecule has 0 saturated carbocycles. The Morgan fingerprint density at radius 2 is 2.42 bits per heavy atom. The van der Waals surface area contributed by atoms with E-state index in [1.807, 2.05) is 6.92 Å². The van der Waals surface area contributed by atoms with E-state index in [1.165, 1.54) is 0 Å². The zero-order valence-electron chi connectivity index (χ0n) is 7.62. The molecule has 1 aliphatic rings. The van der Waals surface area contributed by atoms with E-state index >= 15 is 0 Å². The van der Waals surface area contributed by atoms with Gasteiger partial charge >= 0.3 is 5.97 Å². The highest BCUT2D eigenvalue weighted by Crippen LogP contribution is 2.28. The van der Waals surface area contributed by atoms with Crippen molar-refractivity contribution in [3.8, 4) is 0 Å². The largest absolute Gasteiger partial charge is 0.481 e. The Labute approximate surface area is 72.7 Å². The van der Waals surface area contributed by atoms with Crippen LogP contribution in [0.3, 0.4) is 0 Å². The van der Waals surface area contributed by atoms with Gasteiger partial charge in [-0.25, -0.2) is 0 Å². The molecule has 0 aromatic heterocycles. The van der Waals surface area contributed by atoms with Crippen LogP contribution < -0.4 is 0 Å². The lowest BCUT2D eigenvalue weighted by Crippen LogP contribution is -2.29. The molecule has 3 atom stereocenters. The molecule has 0 aromatic carbocycles. The maximum Gasteiger partial charge on any atom is 0.309 e. The van der Waals surface area contributed by atoms with Gasteiger partial charge in [0.25, 0.3) is 0 Å². The third kappa shape index (κ3) is 1.78. The highest BCUT2D eigenvalue weighted by molar-refractivity contribution is 5.71. The molecule has 3 heteroatoms. The van der Waals surface area contributed by atoms with E-state index in [0.29, 0.717) is 18.9 Å². The molecule has 1 heterocycles. The average Bonchev–Trinajstić information content (AvgIpc) is 2.50. The van der Waals surface area contributed by atoms with Gasteiger partial charge in [-0.1, -0.05) is 20.3 Å². The van der Waals surface area contributed by atoms with Gasteiger partial charge in [0.15, 0.2) is 0 Å². The molecule has 0 spiro atoms. The van der Waals surface area contributed by atoms with E-state index in [9.17, 15) is 4.79 Å². The molecule has 1 fully saturated rings. The van der Waals surface area contributed by atoms with Crippen molar-refractivity contribution in [1.29, 1.82) is 0 Å². The van der Waals surface area contributed by atoms with E-state index in [0.717, 1.165) is 6.42 Å². The van der Waals surface area contributed by atoms with Gasteiger partial charge in [0.2, 0.25) is 0 Å². The molecule has 3 nitrogen and oxygen atoms in total. The van der Waals surface area contributed by atoms with Crippen LogP contribution in [0.25, 0.3) is 0 Å². The van der Waals surface area contributed by atoms with Crippen molar-refractivity contribution in [2.75, 3.05) is 6.61 Å². The topological polar surface area (TPSA) is 46.5 Å². The van der Waals surface area contributed by atoms with Gasteiger partial charge in [-0.3, -0.25) is 4.79 Å². The number of hydrogen-bond acceptors (Lipinski definition) is 2. The van der Waals surface area contributed by atoms with Gasteiger partial charge < -0.3 is 9.84 Å². The molecule has 0 aromatic rings. The summed E-state index contributed by atoms with van der Waals surface area (Å²) in [7, 11) is 0. The number of carboxylic acid groups (broad SMARTS) is 1. The standard InChI is InChI=1S/C9H16O3/c1-3-6(2)8-7(9(10)11)4-5-12-8/h6-8H,3-5H2,1-2H3,(H,10,11). The normalized spacial score (nSPS) is 31.8. The Kier molecular flexibility index (Phi) is 3.09. The molecule has 0 amide bonds. The Morgan fingerprint density at radius 1 is 1.75 bits per heavy atom. The molecular formula is C9H16O3. The van der Waals surface area contributed by atoms with Gasteiger partial charge in [0, 0.05) is 6.61 Å². The van der Waals surface area contributed by atoms with Crippen molar-refractivity contribution in [1.82, 2.24) is 0 Å². The zero-order valence-corrected chi connectivity index (χ0v) is 7.62. The Bertz CT molecular complexity index is 167.